The molecule has 0 aromatic heterocycles. The molecule has 260 valence electrons. The second kappa shape index (κ2) is 11.2. The van der Waals surface area contributed by atoms with Crippen molar-refractivity contribution in [2.24, 2.45) is 11.8 Å². The topological polar surface area (TPSA) is 118 Å². The van der Waals surface area contributed by atoms with Crippen LogP contribution >= 0.6 is 0 Å². The molecule has 10 heteroatoms. The van der Waals surface area contributed by atoms with Crippen LogP contribution in [-0.2, 0) is 30.0 Å². The fourth-order valence-corrected chi connectivity index (χ4v) is 9.31. The van der Waals surface area contributed by atoms with Crippen LogP contribution in [0.15, 0.2) is 121 Å². The van der Waals surface area contributed by atoms with Crippen LogP contribution in [0.1, 0.15) is 29.2 Å². The number of esters is 1. The minimum atomic E-state index is -1.62. The number of anilines is 1. The Bertz CT molecular complexity index is 2300. The van der Waals surface area contributed by atoms with Crippen LogP contribution in [0.25, 0.3) is 11.1 Å². The van der Waals surface area contributed by atoms with E-state index in [1.807, 2.05) is 97.1 Å². The number of ketones is 1. The van der Waals surface area contributed by atoms with Crippen LogP contribution in [0.2, 0.25) is 0 Å². The highest BCUT2D eigenvalue weighted by Crippen LogP contribution is 2.74. The molecule has 10 nitrogen and oxygen atoms in total. The van der Waals surface area contributed by atoms with Crippen molar-refractivity contribution in [3.05, 3.63) is 144 Å². The third-order valence-electron chi connectivity index (χ3n) is 11.1. The van der Waals surface area contributed by atoms with Gasteiger partial charge >= 0.3 is 5.97 Å². The number of ether oxygens (including phenoxy) is 5. The van der Waals surface area contributed by atoms with Gasteiger partial charge in [-0.1, -0.05) is 72.8 Å². The Morgan fingerprint density at radius 3 is 1.51 bits per heavy atom. The summed E-state index contributed by atoms with van der Waals surface area (Å²) < 4.78 is 28.3. The standard InChI is InChI=1S/C43H29NO9/c1-24(45)53-30-16-14-29(15-17-30)44-39(46)37-38(40(44)47)43(28-10-6-3-7-11-28)36(26-13-19-32-34(21-26)52-23-50-32)35(25-12-18-31-33(20-25)51-22-49-31)42(37,41(43)48)27-8-4-2-5-9-27/h2-21,37-38H,22-23H2,1H3/t37-,38-,42+,43+/m1/s1. The minimum Gasteiger partial charge on any atom is -0.454 e. The number of nitrogens with zero attached hydrogens (tertiary/aromatic N) is 1. The van der Waals surface area contributed by atoms with Gasteiger partial charge in [0.15, 0.2) is 28.8 Å². The minimum absolute atomic E-state index is 0.0481. The molecule has 0 N–H and O–H groups in total. The van der Waals surface area contributed by atoms with Gasteiger partial charge in [0, 0.05) is 6.92 Å². The van der Waals surface area contributed by atoms with E-state index in [2.05, 4.69) is 0 Å². The summed E-state index contributed by atoms with van der Waals surface area (Å²) in [7, 11) is 0. The average molecular weight is 704 g/mol. The quantitative estimate of drug-likeness (QED) is 0.115. The molecule has 3 aliphatic heterocycles. The third-order valence-corrected chi connectivity index (χ3v) is 11.1. The molecule has 0 unspecified atom stereocenters. The first-order chi connectivity index (χ1) is 25.8. The summed E-state index contributed by atoms with van der Waals surface area (Å²) >= 11 is 0. The molecule has 0 spiro atoms. The number of imide groups is 1. The summed E-state index contributed by atoms with van der Waals surface area (Å²) in [5.74, 6) is -1.60. The summed E-state index contributed by atoms with van der Waals surface area (Å²) in [4.78, 5) is 59.6. The first-order valence-corrected chi connectivity index (χ1v) is 17.2. The maximum absolute atomic E-state index is 16.2. The zero-order chi connectivity index (χ0) is 36.1. The molecule has 2 aliphatic carbocycles. The Labute approximate surface area is 303 Å². The van der Waals surface area contributed by atoms with Crippen molar-refractivity contribution in [3.8, 4) is 28.7 Å². The monoisotopic (exact) mass is 703 g/mol. The van der Waals surface area contributed by atoms with Crippen LogP contribution in [0.3, 0.4) is 0 Å². The predicted molar refractivity (Wildman–Crippen MR) is 190 cm³/mol. The Balaban J connectivity index is 1.32. The molecule has 4 atom stereocenters. The summed E-state index contributed by atoms with van der Waals surface area (Å²) in [5, 5.41) is 0. The van der Waals surface area contributed by atoms with Crippen LogP contribution in [0.5, 0.6) is 28.7 Å². The van der Waals surface area contributed by atoms with E-state index in [1.165, 1.54) is 11.8 Å². The van der Waals surface area contributed by atoms with E-state index in [0.29, 0.717) is 62.1 Å². The molecule has 1 saturated carbocycles. The number of hydrogen-bond acceptors (Lipinski definition) is 9. The van der Waals surface area contributed by atoms with E-state index in [0.717, 1.165) is 0 Å². The molecule has 5 aromatic rings. The van der Waals surface area contributed by atoms with E-state index in [9.17, 15) is 4.79 Å². The first-order valence-electron chi connectivity index (χ1n) is 17.2. The van der Waals surface area contributed by atoms with E-state index < -0.39 is 40.4 Å². The third kappa shape index (κ3) is 4.03. The smallest absolute Gasteiger partial charge is 0.308 e. The Kier molecular flexibility index (Phi) is 6.54. The molecule has 2 bridgehead atoms. The molecule has 5 aliphatic rings. The van der Waals surface area contributed by atoms with Gasteiger partial charge in [-0.25, -0.2) is 4.90 Å². The number of carbonyl (C=O) groups excluding carboxylic acids is 4. The SMILES string of the molecule is CC(=O)Oc1ccc(N2C(=O)[C@H]3[C@H](C2=O)[C@@]2(c4ccccc4)C(=O)[C@@]3(c3ccccc3)C(c3ccc4c(c3)OCO4)=C2c2ccc3c(c2)OCO3)cc1. The first kappa shape index (κ1) is 31.1. The lowest BCUT2D eigenvalue weighted by Crippen LogP contribution is -2.45. The lowest BCUT2D eigenvalue weighted by atomic mass is 9.59. The number of rotatable bonds is 6. The van der Waals surface area contributed by atoms with Crippen molar-refractivity contribution in [2.75, 3.05) is 18.5 Å². The predicted octanol–water partition coefficient (Wildman–Crippen LogP) is 6.26. The zero-order valence-electron chi connectivity index (χ0n) is 28.2. The van der Waals surface area contributed by atoms with Crippen molar-refractivity contribution in [2.45, 2.75) is 17.8 Å². The second-order valence-electron chi connectivity index (χ2n) is 13.6. The molecule has 10 rings (SSSR count). The molecule has 53 heavy (non-hydrogen) atoms. The second-order valence-corrected chi connectivity index (χ2v) is 13.6. The van der Waals surface area contributed by atoms with Crippen LogP contribution < -0.4 is 28.6 Å². The lowest BCUT2D eigenvalue weighted by Gasteiger charge is -2.39. The van der Waals surface area contributed by atoms with Gasteiger partial charge in [0.1, 0.15) is 5.75 Å². The fourth-order valence-electron chi connectivity index (χ4n) is 9.31. The number of fused-ring (bicyclic) bond motifs is 7. The van der Waals surface area contributed by atoms with Gasteiger partial charge in [0.2, 0.25) is 25.4 Å². The molecule has 2 fully saturated rings. The van der Waals surface area contributed by atoms with E-state index in [1.54, 1.807) is 24.3 Å². The maximum Gasteiger partial charge on any atom is 0.308 e. The Morgan fingerprint density at radius 2 is 1.06 bits per heavy atom. The fraction of sp³-hybridized carbons (Fsp3) is 0.163. The largest absolute Gasteiger partial charge is 0.454 e. The molecular weight excluding hydrogens is 674 g/mol. The number of carbonyl (C=O) groups is 4. The molecule has 3 heterocycles. The van der Waals surface area contributed by atoms with Crippen LogP contribution in [-0.4, -0.2) is 37.2 Å². The summed E-state index contributed by atoms with van der Waals surface area (Å²) in [6.45, 7) is 1.39. The average Bonchev–Trinajstić information content (AvgIpc) is 3.99. The maximum atomic E-state index is 16.2. The Hall–Kier alpha value is -6.68. The number of amides is 2. The molecule has 5 aromatic carbocycles. The van der Waals surface area contributed by atoms with Crippen LogP contribution in [0.4, 0.5) is 5.69 Å². The van der Waals surface area contributed by atoms with Gasteiger partial charge in [-0.05, 0) is 81.9 Å². The van der Waals surface area contributed by atoms with E-state index in [-0.39, 0.29) is 25.1 Å². The molecule has 0 radical (unpaired) electrons. The van der Waals surface area contributed by atoms with E-state index >= 15 is 14.4 Å². The van der Waals surface area contributed by atoms with Gasteiger partial charge < -0.3 is 23.7 Å². The van der Waals surface area contributed by atoms with E-state index in [4.69, 9.17) is 23.7 Å². The number of Topliss-reactive ketones (excluding diaryl/α,β-unsaturated/α-hetero) is 1. The normalized spacial score (nSPS) is 24.6. The van der Waals surface area contributed by atoms with Crippen molar-refractivity contribution in [3.63, 3.8) is 0 Å². The number of hydrogen-bond donors (Lipinski definition) is 0. The van der Waals surface area contributed by atoms with Crippen molar-refractivity contribution in [1.29, 1.82) is 0 Å². The van der Waals surface area contributed by atoms with Gasteiger partial charge in [0.25, 0.3) is 0 Å². The highest BCUT2D eigenvalue weighted by atomic mass is 16.7. The lowest BCUT2D eigenvalue weighted by molar-refractivity contribution is -0.132. The summed E-state index contributed by atoms with van der Waals surface area (Å²) in [5.41, 5.74) is 0.746. The molecule has 2 amide bonds. The number of allylic oxidation sites excluding steroid dienone is 2. The molecular formula is C43H29NO9. The molecule has 1 saturated heterocycles. The zero-order valence-corrected chi connectivity index (χ0v) is 28.2. The summed E-state index contributed by atoms with van der Waals surface area (Å²) in [6.07, 6.45) is 0. The van der Waals surface area contributed by atoms with Crippen molar-refractivity contribution in [1.82, 2.24) is 0 Å². The van der Waals surface area contributed by atoms with Gasteiger partial charge in [0.05, 0.1) is 28.4 Å². The van der Waals surface area contributed by atoms with Gasteiger partial charge in [-0.2, -0.15) is 0 Å². The number of benzene rings is 5. The van der Waals surface area contributed by atoms with Gasteiger partial charge in [-0.3, -0.25) is 19.2 Å². The highest BCUT2D eigenvalue weighted by molar-refractivity contribution is 6.39. The van der Waals surface area contributed by atoms with Crippen molar-refractivity contribution >= 4 is 40.4 Å². The van der Waals surface area contributed by atoms with Crippen LogP contribution in [0, 0.1) is 11.8 Å². The summed E-state index contributed by atoms with van der Waals surface area (Å²) in [6, 6.07) is 35.9. The highest BCUT2D eigenvalue weighted by Gasteiger charge is 2.82. The van der Waals surface area contributed by atoms with Crippen molar-refractivity contribution < 1.29 is 42.9 Å². The Morgan fingerprint density at radius 1 is 0.604 bits per heavy atom. The van der Waals surface area contributed by atoms with Gasteiger partial charge in [-0.15, -0.1) is 0 Å².